The summed E-state index contributed by atoms with van der Waals surface area (Å²) < 4.78 is 4.67. The summed E-state index contributed by atoms with van der Waals surface area (Å²) in [6.45, 7) is 6.11. The minimum atomic E-state index is -1.45. The highest BCUT2D eigenvalue weighted by Gasteiger charge is 2.15. The molecule has 0 rings (SSSR count). The highest BCUT2D eigenvalue weighted by atomic mass is 28.3. The Hall–Kier alpha value is -0.166. The number of hydrogen-bond donors (Lipinski definition) is 0. The summed E-state index contributed by atoms with van der Waals surface area (Å²) in [6, 6.07) is 0. The molecule has 5 heteroatoms. The smallest absolute Gasteiger partial charge is 0.352 e. The van der Waals surface area contributed by atoms with Crippen LogP contribution in [0.25, 0.3) is 0 Å². The molecule has 0 fully saturated rings. The maximum Gasteiger partial charge on any atom is 0.352 e. The van der Waals surface area contributed by atoms with Crippen molar-refractivity contribution in [2.45, 2.75) is 19.6 Å². The molecule has 0 bridgehead atoms. The molecule has 0 aliphatic heterocycles. The molecule has 0 spiro atoms. The van der Waals surface area contributed by atoms with Crippen molar-refractivity contribution >= 4 is 18.6 Å². The molecule has 0 saturated carbocycles. The van der Waals surface area contributed by atoms with E-state index in [1.54, 1.807) is 0 Å². The van der Waals surface area contributed by atoms with Crippen LogP contribution in [-0.4, -0.2) is 23.2 Å². The molecule has 0 saturated heterocycles. The quantitative estimate of drug-likeness (QED) is 0.294. The summed E-state index contributed by atoms with van der Waals surface area (Å²) in [7, 11) is -0.952. The Morgan fingerprint density at radius 3 is 1.88 bits per heavy atom. The minimum absolute atomic E-state index is 0.496. The predicted molar refractivity (Wildman–Crippen MR) is 39.3 cm³/mol. The molecule has 0 unspecified atom stereocenters. The fourth-order valence-electron chi connectivity index (χ4n) is 0.422. The Labute approximate surface area is 53.6 Å². The topological polar surface area (TPSA) is 38.4 Å². The molecule has 0 atom stereocenters. The molecule has 48 valence electrons. The van der Waals surface area contributed by atoms with Crippen LogP contribution in [0.15, 0.2) is 4.78 Å². The van der Waals surface area contributed by atoms with Gasteiger partial charge in [-0.2, -0.15) is 4.53 Å². The lowest BCUT2D eigenvalue weighted by Crippen LogP contribution is -2.19. The van der Waals surface area contributed by atoms with Crippen molar-refractivity contribution in [1.82, 2.24) is 0 Å². The van der Waals surface area contributed by atoms with Crippen LogP contribution in [-0.2, 0) is 0 Å². The van der Waals surface area contributed by atoms with Gasteiger partial charge in [0, 0.05) is 0 Å². The molecule has 3 nitrogen and oxygen atoms in total. The van der Waals surface area contributed by atoms with E-state index in [0.29, 0.717) is 10.4 Å². The summed E-state index contributed by atoms with van der Waals surface area (Å²) in [6.07, 6.45) is 0. The fraction of sp³-hybridized carbons (Fsp3) is 1.00. The van der Waals surface area contributed by atoms with Gasteiger partial charge in [0.15, 0.2) is 0 Å². The molecular weight excluding hydrogens is 136 g/mol. The van der Waals surface area contributed by atoms with Gasteiger partial charge in [-0.3, -0.25) is 0 Å². The Kier molecular flexibility index (Phi) is 2.36. The summed E-state index contributed by atoms with van der Waals surface area (Å²) in [5.41, 5.74) is 0. The van der Waals surface area contributed by atoms with E-state index < -0.39 is 8.24 Å². The van der Waals surface area contributed by atoms with Gasteiger partial charge in [-0.1, -0.05) is 0 Å². The molecular formula is C3H12N2OSi2. The number of hydrogen-bond acceptors (Lipinski definition) is 2. The first kappa shape index (κ1) is 7.83. The SMILES string of the molecule is C[Si](C)(C)N=[N+]([O-])[SiH3]. The third-order valence-electron chi connectivity index (χ3n) is 0.441. The van der Waals surface area contributed by atoms with Crippen LogP contribution in [0, 0.1) is 5.21 Å². The van der Waals surface area contributed by atoms with Crippen molar-refractivity contribution < 1.29 is 4.53 Å². The molecule has 0 heterocycles. The van der Waals surface area contributed by atoms with E-state index in [1.165, 1.54) is 0 Å². The second-order valence-electron chi connectivity index (χ2n) is 2.74. The first-order valence-electron chi connectivity index (χ1n) is 2.55. The lowest BCUT2D eigenvalue weighted by molar-refractivity contribution is -0.363. The Morgan fingerprint density at radius 1 is 1.50 bits per heavy atom. The van der Waals surface area contributed by atoms with Gasteiger partial charge < -0.3 is 5.21 Å². The van der Waals surface area contributed by atoms with Gasteiger partial charge in [-0.15, -0.1) is 4.78 Å². The van der Waals surface area contributed by atoms with E-state index in [0.717, 1.165) is 4.53 Å². The van der Waals surface area contributed by atoms with Crippen molar-refractivity contribution in [3.05, 3.63) is 5.21 Å². The number of rotatable bonds is 1. The first-order chi connectivity index (χ1) is 3.42. The van der Waals surface area contributed by atoms with E-state index in [2.05, 4.69) is 4.78 Å². The van der Waals surface area contributed by atoms with Gasteiger partial charge in [-0.05, 0) is 19.6 Å². The zero-order valence-corrected chi connectivity index (χ0v) is 8.80. The van der Waals surface area contributed by atoms with E-state index in [-0.39, 0.29) is 0 Å². The van der Waals surface area contributed by atoms with Crippen molar-refractivity contribution in [1.29, 1.82) is 0 Å². The van der Waals surface area contributed by atoms with Gasteiger partial charge in [0.2, 0.25) is 0 Å². The maximum atomic E-state index is 10.3. The molecule has 0 amide bonds. The third kappa shape index (κ3) is 5.83. The minimum Gasteiger partial charge on any atom is -0.622 e. The van der Waals surface area contributed by atoms with Gasteiger partial charge in [-0.25, -0.2) is 0 Å². The zero-order valence-electron chi connectivity index (χ0n) is 5.80. The third-order valence-corrected chi connectivity index (χ3v) is 1.92. The highest BCUT2D eigenvalue weighted by Crippen LogP contribution is 2.00. The second-order valence-corrected chi connectivity index (χ2v) is 8.04. The molecule has 0 radical (unpaired) electrons. The van der Waals surface area contributed by atoms with Crippen LogP contribution >= 0.6 is 0 Å². The van der Waals surface area contributed by atoms with E-state index in [4.69, 9.17) is 0 Å². The van der Waals surface area contributed by atoms with Crippen molar-refractivity contribution in [2.75, 3.05) is 0 Å². The first-order valence-corrected chi connectivity index (χ1v) is 6.90. The number of nitrogens with zero attached hydrogens (tertiary/aromatic N) is 2. The van der Waals surface area contributed by atoms with Crippen LogP contribution in [0.1, 0.15) is 0 Å². The highest BCUT2D eigenvalue weighted by molar-refractivity contribution is 6.73. The molecule has 0 aliphatic rings. The molecule has 8 heavy (non-hydrogen) atoms. The van der Waals surface area contributed by atoms with Crippen LogP contribution < -0.4 is 0 Å². The average molecular weight is 148 g/mol. The standard InChI is InChI=1S/C3H12N2OSi2/c1-8(2,3)4-5(6)7/h1-3,7H3. The summed E-state index contributed by atoms with van der Waals surface area (Å²) >= 11 is 0. The molecule has 0 aromatic carbocycles. The van der Waals surface area contributed by atoms with Crippen molar-refractivity contribution in [3.63, 3.8) is 0 Å². The predicted octanol–water partition coefficient (Wildman–Crippen LogP) is 0.0642. The molecule has 0 N–H and O–H groups in total. The van der Waals surface area contributed by atoms with Gasteiger partial charge in [0.25, 0.3) is 8.24 Å². The lowest BCUT2D eigenvalue weighted by Gasteiger charge is -2.04. The molecule has 0 aromatic heterocycles. The fourth-order valence-corrected chi connectivity index (χ4v) is 3.07. The Balaban J connectivity index is 3.89. The summed E-state index contributed by atoms with van der Waals surface area (Å²) in [5, 5.41) is 10.3. The van der Waals surface area contributed by atoms with Gasteiger partial charge in [0.05, 0.1) is 0 Å². The van der Waals surface area contributed by atoms with E-state index >= 15 is 0 Å². The normalized spacial score (nSPS) is 14.6. The lowest BCUT2D eigenvalue weighted by atomic mass is 11.8. The Morgan fingerprint density at radius 2 is 1.88 bits per heavy atom. The molecule has 0 aromatic rings. The zero-order chi connectivity index (χ0) is 6.78. The van der Waals surface area contributed by atoms with Crippen LogP contribution in [0.4, 0.5) is 0 Å². The second kappa shape index (κ2) is 2.41. The van der Waals surface area contributed by atoms with Crippen molar-refractivity contribution in [3.8, 4) is 0 Å². The van der Waals surface area contributed by atoms with Gasteiger partial charge >= 0.3 is 10.4 Å². The van der Waals surface area contributed by atoms with Gasteiger partial charge in [0.1, 0.15) is 0 Å². The molecule has 0 aliphatic carbocycles. The Bertz CT molecular complexity index is 102. The summed E-state index contributed by atoms with van der Waals surface area (Å²) in [4.78, 5) is 0. The van der Waals surface area contributed by atoms with Crippen molar-refractivity contribution in [2.24, 2.45) is 4.78 Å². The largest absolute Gasteiger partial charge is 0.622 e. The summed E-state index contributed by atoms with van der Waals surface area (Å²) in [5.74, 6) is 0. The van der Waals surface area contributed by atoms with E-state index in [1.807, 2.05) is 19.6 Å². The maximum absolute atomic E-state index is 10.3. The monoisotopic (exact) mass is 148 g/mol. The van der Waals surface area contributed by atoms with E-state index in [9.17, 15) is 5.21 Å². The van der Waals surface area contributed by atoms with Crippen LogP contribution in [0.2, 0.25) is 19.6 Å². The van der Waals surface area contributed by atoms with Crippen LogP contribution in [0.3, 0.4) is 0 Å². The average Bonchev–Trinajstić information content (AvgIpc) is 1.21. The van der Waals surface area contributed by atoms with Crippen LogP contribution in [0.5, 0.6) is 0 Å².